The molecule has 1 fully saturated rings. The molecule has 1 aliphatic carbocycles. The summed E-state index contributed by atoms with van der Waals surface area (Å²) in [6.07, 6.45) is 5.59. The third-order valence-corrected chi connectivity index (χ3v) is 5.55. The van der Waals surface area contributed by atoms with Gasteiger partial charge in [0.25, 0.3) is 0 Å². The van der Waals surface area contributed by atoms with E-state index in [4.69, 9.17) is 5.10 Å². The maximum absolute atomic E-state index is 11.9. The molecule has 1 saturated carbocycles. The zero-order chi connectivity index (χ0) is 17.0. The Morgan fingerprint density at radius 2 is 2.16 bits per heavy atom. The molecule has 3 aromatic rings. The van der Waals surface area contributed by atoms with Gasteiger partial charge in [0, 0.05) is 66.9 Å². The number of hydrogen-bond donors (Lipinski definition) is 1. The highest BCUT2D eigenvalue weighted by Crippen LogP contribution is 2.37. The summed E-state index contributed by atoms with van der Waals surface area (Å²) in [6.45, 7) is 4.14. The maximum atomic E-state index is 11.9. The molecule has 5 nitrogen and oxygen atoms in total. The number of nitrogens with one attached hydrogen (secondary N) is 1. The topological polar surface area (TPSA) is 53.9 Å². The van der Waals surface area contributed by atoms with Gasteiger partial charge in [0.15, 0.2) is 0 Å². The largest absolute Gasteiger partial charge is 0.360 e. The van der Waals surface area contributed by atoms with Gasteiger partial charge in [0.1, 0.15) is 0 Å². The predicted molar refractivity (Wildman–Crippen MR) is 97.0 cm³/mol. The third kappa shape index (κ3) is 2.46. The second-order valence-corrected chi connectivity index (χ2v) is 7.34. The highest BCUT2D eigenvalue weighted by atomic mass is 16.2. The van der Waals surface area contributed by atoms with Crippen molar-refractivity contribution in [1.82, 2.24) is 19.7 Å². The Morgan fingerprint density at radius 1 is 1.32 bits per heavy atom. The molecule has 0 unspecified atom stereocenters. The molecular weight excluding hydrogens is 312 g/mol. The van der Waals surface area contributed by atoms with E-state index in [-0.39, 0.29) is 5.91 Å². The third-order valence-electron chi connectivity index (χ3n) is 5.55. The van der Waals surface area contributed by atoms with E-state index >= 15 is 0 Å². The molecule has 2 aliphatic rings. The molecule has 128 valence electrons. The molecule has 5 rings (SSSR count). The minimum absolute atomic E-state index is 0.144. The Hall–Kier alpha value is -2.56. The fourth-order valence-electron chi connectivity index (χ4n) is 3.94. The second kappa shape index (κ2) is 5.48. The van der Waals surface area contributed by atoms with Crippen LogP contribution in [0.5, 0.6) is 0 Å². The monoisotopic (exact) mass is 334 g/mol. The van der Waals surface area contributed by atoms with Gasteiger partial charge in [0.05, 0.1) is 5.69 Å². The maximum Gasteiger partial charge on any atom is 0.219 e. The Balaban J connectivity index is 1.65. The van der Waals surface area contributed by atoms with Crippen LogP contribution >= 0.6 is 0 Å². The zero-order valence-electron chi connectivity index (χ0n) is 14.5. The Morgan fingerprint density at radius 3 is 2.96 bits per heavy atom. The number of hydrogen-bond acceptors (Lipinski definition) is 2. The van der Waals surface area contributed by atoms with Gasteiger partial charge in [-0.25, -0.2) is 0 Å². The average Bonchev–Trinajstić information content (AvgIpc) is 3.23. The molecule has 1 N–H and O–H groups in total. The number of fused-ring (bicyclic) bond motifs is 2. The van der Waals surface area contributed by atoms with E-state index < -0.39 is 0 Å². The van der Waals surface area contributed by atoms with Gasteiger partial charge < -0.3 is 9.88 Å². The lowest BCUT2D eigenvalue weighted by molar-refractivity contribution is -0.129. The summed E-state index contributed by atoms with van der Waals surface area (Å²) < 4.78 is 2.22. The molecule has 1 aliphatic heterocycles. The van der Waals surface area contributed by atoms with Crippen LogP contribution in [-0.4, -0.2) is 32.1 Å². The van der Waals surface area contributed by atoms with Crippen LogP contribution < -0.4 is 0 Å². The van der Waals surface area contributed by atoms with Crippen molar-refractivity contribution in [1.29, 1.82) is 0 Å². The van der Waals surface area contributed by atoms with Gasteiger partial charge in [-0.3, -0.25) is 9.48 Å². The van der Waals surface area contributed by atoms with Crippen molar-refractivity contribution in [2.24, 2.45) is 5.92 Å². The summed E-state index contributed by atoms with van der Waals surface area (Å²) in [5.74, 6) is 0.927. The van der Waals surface area contributed by atoms with E-state index in [1.54, 1.807) is 6.92 Å². The highest BCUT2D eigenvalue weighted by molar-refractivity contribution is 5.95. The van der Waals surface area contributed by atoms with E-state index in [1.165, 1.54) is 29.5 Å². The Labute approximate surface area is 146 Å². The fraction of sp³-hybridized carbons (Fsp3) is 0.400. The molecule has 0 saturated heterocycles. The van der Waals surface area contributed by atoms with Crippen LogP contribution in [0.15, 0.2) is 30.5 Å². The van der Waals surface area contributed by atoms with Crippen molar-refractivity contribution in [3.8, 4) is 11.3 Å². The number of nitrogens with zero attached hydrogens (tertiary/aromatic N) is 3. The summed E-state index contributed by atoms with van der Waals surface area (Å²) >= 11 is 0. The van der Waals surface area contributed by atoms with Crippen molar-refractivity contribution in [3.63, 3.8) is 0 Å². The lowest BCUT2D eigenvalue weighted by Crippen LogP contribution is -2.34. The van der Waals surface area contributed by atoms with E-state index in [9.17, 15) is 4.79 Å². The van der Waals surface area contributed by atoms with E-state index in [1.807, 2.05) is 11.0 Å². The second-order valence-electron chi connectivity index (χ2n) is 7.34. The number of rotatable bonds is 3. The summed E-state index contributed by atoms with van der Waals surface area (Å²) in [5, 5.41) is 6.21. The highest BCUT2D eigenvalue weighted by Gasteiger charge is 2.30. The van der Waals surface area contributed by atoms with Crippen LogP contribution in [0.25, 0.3) is 22.2 Å². The number of amides is 1. The number of carbonyl (C=O) groups is 1. The molecule has 25 heavy (non-hydrogen) atoms. The molecule has 0 spiro atoms. The van der Waals surface area contributed by atoms with Crippen LogP contribution in [0, 0.1) is 5.92 Å². The molecule has 0 bridgehead atoms. The number of H-pyrrole nitrogens is 1. The molecule has 0 radical (unpaired) electrons. The number of carbonyl (C=O) groups excluding carboxylic acids is 1. The van der Waals surface area contributed by atoms with Crippen molar-refractivity contribution in [3.05, 3.63) is 41.7 Å². The van der Waals surface area contributed by atoms with Gasteiger partial charge in [0.2, 0.25) is 5.91 Å². The molecule has 3 heterocycles. The standard InChI is InChI=1S/C20H22N4O/c1-13(25)23-9-8-19-17(12-23)20(22-24(19)11-14-6-7-14)16-10-21-18-5-3-2-4-15(16)18/h2-5,10,14,21H,6-9,11-12H2,1H3. The molecule has 5 heteroatoms. The van der Waals surface area contributed by atoms with Crippen molar-refractivity contribution >= 4 is 16.8 Å². The molecule has 2 aromatic heterocycles. The first-order chi connectivity index (χ1) is 12.2. The average molecular weight is 334 g/mol. The van der Waals surface area contributed by atoms with Crippen molar-refractivity contribution in [2.75, 3.05) is 6.54 Å². The van der Waals surface area contributed by atoms with Gasteiger partial charge in [-0.15, -0.1) is 0 Å². The first-order valence-corrected chi connectivity index (χ1v) is 9.11. The molecule has 1 aromatic carbocycles. The number of para-hydroxylation sites is 1. The van der Waals surface area contributed by atoms with E-state index in [0.717, 1.165) is 42.2 Å². The smallest absolute Gasteiger partial charge is 0.219 e. The van der Waals surface area contributed by atoms with Gasteiger partial charge >= 0.3 is 0 Å². The Kier molecular flexibility index (Phi) is 3.23. The lowest BCUT2D eigenvalue weighted by Gasteiger charge is -2.26. The summed E-state index contributed by atoms with van der Waals surface area (Å²) in [5.41, 5.74) is 5.87. The minimum atomic E-state index is 0.144. The summed E-state index contributed by atoms with van der Waals surface area (Å²) in [6, 6.07) is 8.34. The van der Waals surface area contributed by atoms with Gasteiger partial charge in [-0.1, -0.05) is 18.2 Å². The quantitative estimate of drug-likeness (QED) is 0.798. The molecule has 0 atom stereocenters. The van der Waals surface area contributed by atoms with Crippen LogP contribution in [-0.2, 0) is 24.3 Å². The number of aromatic amines is 1. The van der Waals surface area contributed by atoms with Crippen molar-refractivity contribution < 1.29 is 4.79 Å². The normalized spacial score (nSPS) is 17.1. The summed E-state index contributed by atoms with van der Waals surface area (Å²) in [7, 11) is 0. The zero-order valence-corrected chi connectivity index (χ0v) is 14.5. The van der Waals surface area contributed by atoms with Gasteiger partial charge in [-0.2, -0.15) is 5.10 Å². The number of aromatic nitrogens is 3. The first-order valence-electron chi connectivity index (χ1n) is 9.11. The van der Waals surface area contributed by atoms with Gasteiger partial charge in [-0.05, 0) is 24.8 Å². The lowest BCUT2D eigenvalue weighted by atomic mass is 10.0. The van der Waals surface area contributed by atoms with E-state index in [0.29, 0.717) is 6.54 Å². The van der Waals surface area contributed by atoms with Crippen LogP contribution in [0.3, 0.4) is 0 Å². The van der Waals surface area contributed by atoms with Crippen molar-refractivity contribution in [2.45, 2.75) is 39.3 Å². The van der Waals surface area contributed by atoms with Crippen LogP contribution in [0.2, 0.25) is 0 Å². The SMILES string of the molecule is CC(=O)N1CCc2c(c(-c3c[nH]c4ccccc34)nn2CC2CC2)C1. The molecule has 1 amide bonds. The Bertz CT molecular complexity index is 963. The fourth-order valence-corrected chi connectivity index (χ4v) is 3.94. The molecular formula is C20H22N4O. The van der Waals surface area contributed by atoms with E-state index in [2.05, 4.69) is 34.1 Å². The van der Waals surface area contributed by atoms with Crippen LogP contribution in [0.1, 0.15) is 31.0 Å². The predicted octanol–water partition coefficient (Wildman–Crippen LogP) is 3.35. The summed E-state index contributed by atoms with van der Waals surface area (Å²) in [4.78, 5) is 17.2. The first kappa shape index (κ1) is 14.8. The van der Waals surface area contributed by atoms with Crippen LogP contribution in [0.4, 0.5) is 0 Å². The minimum Gasteiger partial charge on any atom is -0.360 e. The number of benzene rings is 1.